The molecule has 0 heterocycles. The molecular weight excluding hydrogens is 340 g/mol. The van der Waals surface area contributed by atoms with Crippen molar-refractivity contribution in [2.75, 3.05) is 30.9 Å². The summed E-state index contributed by atoms with van der Waals surface area (Å²) < 4.78 is 0. The quantitative estimate of drug-likeness (QED) is 0.730. The van der Waals surface area contributed by atoms with Crippen molar-refractivity contribution in [1.29, 1.82) is 0 Å². The Labute approximate surface area is 163 Å². The lowest BCUT2D eigenvalue weighted by Crippen LogP contribution is -2.36. The third-order valence-corrected chi connectivity index (χ3v) is 4.58. The summed E-state index contributed by atoms with van der Waals surface area (Å²) in [6.45, 7) is 9.12. The molecule has 0 aromatic heterocycles. The molecule has 0 aliphatic heterocycles. The molecule has 27 heavy (non-hydrogen) atoms. The first-order valence-electron chi connectivity index (χ1n) is 9.84. The number of nitrogens with zero attached hydrogens (tertiary/aromatic N) is 2. The maximum atomic E-state index is 12.7. The monoisotopic (exact) mass is 374 g/mol. The highest BCUT2D eigenvalue weighted by molar-refractivity contribution is 5.90. The molecular formula is C21H34N4O2. The number of benzene rings is 1. The second-order valence-corrected chi connectivity index (χ2v) is 8.31. The van der Waals surface area contributed by atoms with Crippen molar-refractivity contribution in [1.82, 2.24) is 10.2 Å². The molecule has 0 spiro atoms. The van der Waals surface area contributed by atoms with Crippen molar-refractivity contribution in [2.45, 2.75) is 53.1 Å². The van der Waals surface area contributed by atoms with Gasteiger partial charge in [-0.25, -0.2) is 4.79 Å². The van der Waals surface area contributed by atoms with Gasteiger partial charge in [-0.15, -0.1) is 0 Å². The van der Waals surface area contributed by atoms with E-state index in [0.29, 0.717) is 12.5 Å². The average Bonchev–Trinajstić information content (AvgIpc) is 3.36. The predicted octanol–water partition coefficient (Wildman–Crippen LogP) is 3.68. The zero-order valence-electron chi connectivity index (χ0n) is 17.5. The molecule has 1 aliphatic carbocycles. The van der Waals surface area contributed by atoms with Crippen LogP contribution in [-0.2, 0) is 11.3 Å². The average molecular weight is 375 g/mol. The van der Waals surface area contributed by atoms with E-state index in [9.17, 15) is 9.59 Å². The molecule has 1 aromatic carbocycles. The van der Waals surface area contributed by atoms with Crippen LogP contribution in [0, 0.1) is 11.8 Å². The number of anilines is 2. The van der Waals surface area contributed by atoms with Crippen LogP contribution in [0.3, 0.4) is 0 Å². The van der Waals surface area contributed by atoms with Crippen molar-refractivity contribution >= 4 is 23.3 Å². The van der Waals surface area contributed by atoms with Gasteiger partial charge in [0.1, 0.15) is 0 Å². The summed E-state index contributed by atoms with van der Waals surface area (Å²) in [6, 6.07) is 5.72. The fourth-order valence-electron chi connectivity index (χ4n) is 3.07. The van der Waals surface area contributed by atoms with Gasteiger partial charge in [0.05, 0.1) is 0 Å². The van der Waals surface area contributed by atoms with Crippen LogP contribution in [0.1, 0.15) is 46.1 Å². The molecule has 1 saturated carbocycles. The second kappa shape index (κ2) is 9.11. The Hall–Kier alpha value is -2.24. The van der Waals surface area contributed by atoms with Crippen LogP contribution in [-0.4, -0.2) is 43.5 Å². The molecule has 0 unspecified atom stereocenters. The molecule has 6 nitrogen and oxygen atoms in total. The van der Waals surface area contributed by atoms with Crippen molar-refractivity contribution in [3.05, 3.63) is 23.8 Å². The summed E-state index contributed by atoms with van der Waals surface area (Å²) in [5.41, 5.74) is 2.83. The Morgan fingerprint density at radius 3 is 2.33 bits per heavy atom. The smallest absolute Gasteiger partial charge is 0.319 e. The summed E-state index contributed by atoms with van der Waals surface area (Å²) in [4.78, 5) is 28.8. The minimum Gasteiger partial charge on any atom is -0.377 e. The summed E-state index contributed by atoms with van der Waals surface area (Å²) in [5, 5.41) is 5.72. The molecule has 0 atom stereocenters. The van der Waals surface area contributed by atoms with E-state index in [0.717, 1.165) is 23.5 Å². The van der Waals surface area contributed by atoms with Gasteiger partial charge in [-0.3, -0.25) is 4.79 Å². The molecule has 6 heteroatoms. The Morgan fingerprint density at radius 1 is 1.15 bits per heavy atom. The zero-order chi connectivity index (χ0) is 20.1. The van der Waals surface area contributed by atoms with Crippen LogP contribution in [0.25, 0.3) is 0 Å². The van der Waals surface area contributed by atoms with Crippen LogP contribution in [0.4, 0.5) is 16.2 Å². The van der Waals surface area contributed by atoms with E-state index in [1.54, 1.807) is 0 Å². The molecule has 2 N–H and O–H groups in total. The molecule has 0 radical (unpaired) electrons. The van der Waals surface area contributed by atoms with E-state index in [1.165, 1.54) is 12.8 Å². The maximum absolute atomic E-state index is 12.7. The molecule has 150 valence electrons. The van der Waals surface area contributed by atoms with Crippen molar-refractivity contribution < 1.29 is 9.59 Å². The fourth-order valence-corrected chi connectivity index (χ4v) is 3.07. The summed E-state index contributed by atoms with van der Waals surface area (Å²) in [7, 11) is 3.99. The second-order valence-electron chi connectivity index (χ2n) is 8.31. The van der Waals surface area contributed by atoms with Gasteiger partial charge in [-0.1, -0.05) is 13.8 Å². The molecule has 1 aromatic rings. The van der Waals surface area contributed by atoms with Gasteiger partial charge in [0, 0.05) is 50.5 Å². The number of carbonyl (C=O) groups excluding carboxylic acids is 2. The molecule has 1 fully saturated rings. The highest BCUT2D eigenvalue weighted by Gasteiger charge is 2.28. The lowest BCUT2D eigenvalue weighted by atomic mass is 10.1. The van der Waals surface area contributed by atoms with E-state index >= 15 is 0 Å². The normalized spacial score (nSPS) is 13.6. The Morgan fingerprint density at radius 2 is 1.81 bits per heavy atom. The van der Waals surface area contributed by atoms with E-state index in [2.05, 4.69) is 10.6 Å². The number of nitrogens with one attached hydrogen (secondary N) is 2. The SMILES string of the molecule is CC(C)NC(=O)Nc1ccc(N(C)C)c(CN(CC2CC2)C(=O)C(C)C)c1. The van der Waals surface area contributed by atoms with E-state index in [4.69, 9.17) is 0 Å². The van der Waals surface area contributed by atoms with Gasteiger partial charge in [-0.05, 0) is 56.4 Å². The number of rotatable bonds is 8. The highest BCUT2D eigenvalue weighted by atomic mass is 16.2. The number of hydrogen-bond donors (Lipinski definition) is 2. The molecule has 0 saturated heterocycles. The summed E-state index contributed by atoms with van der Waals surface area (Å²) >= 11 is 0. The first kappa shape index (κ1) is 21.1. The van der Waals surface area contributed by atoms with Crippen molar-refractivity contribution in [2.24, 2.45) is 11.8 Å². The van der Waals surface area contributed by atoms with Crippen LogP contribution in [0.15, 0.2) is 18.2 Å². The molecule has 0 bridgehead atoms. The van der Waals surface area contributed by atoms with Crippen LogP contribution < -0.4 is 15.5 Å². The third kappa shape index (κ3) is 6.45. The van der Waals surface area contributed by atoms with Gasteiger partial charge in [0.2, 0.25) is 5.91 Å². The number of urea groups is 1. The van der Waals surface area contributed by atoms with E-state index in [-0.39, 0.29) is 23.9 Å². The fraction of sp³-hybridized carbons (Fsp3) is 0.619. The van der Waals surface area contributed by atoms with Gasteiger partial charge in [-0.2, -0.15) is 0 Å². The van der Waals surface area contributed by atoms with Crippen LogP contribution >= 0.6 is 0 Å². The van der Waals surface area contributed by atoms with Crippen molar-refractivity contribution in [3.8, 4) is 0 Å². The molecule has 3 amide bonds. The number of hydrogen-bond acceptors (Lipinski definition) is 3. The van der Waals surface area contributed by atoms with Crippen LogP contribution in [0.5, 0.6) is 0 Å². The lowest BCUT2D eigenvalue weighted by Gasteiger charge is -2.27. The minimum absolute atomic E-state index is 0.0234. The summed E-state index contributed by atoms with van der Waals surface area (Å²) in [6.07, 6.45) is 2.42. The minimum atomic E-state index is -0.221. The standard InChI is InChI=1S/C21H34N4O2/c1-14(2)20(26)25(12-16-7-8-16)13-17-11-18(9-10-19(17)24(5)6)23-21(27)22-15(3)4/h9-11,14-16H,7-8,12-13H2,1-6H3,(H2,22,23,27). The summed E-state index contributed by atoms with van der Waals surface area (Å²) in [5.74, 6) is 0.792. The maximum Gasteiger partial charge on any atom is 0.319 e. The Balaban J connectivity index is 2.23. The topological polar surface area (TPSA) is 64.7 Å². The van der Waals surface area contributed by atoms with Gasteiger partial charge < -0.3 is 20.4 Å². The predicted molar refractivity (Wildman–Crippen MR) is 111 cm³/mol. The zero-order valence-corrected chi connectivity index (χ0v) is 17.5. The van der Waals surface area contributed by atoms with Crippen molar-refractivity contribution in [3.63, 3.8) is 0 Å². The first-order chi connectivity index (χ1) is 12.7. The highest BCUT2D eigenvalue weighted by Crippen LogP contribution is 2.32. The number of amides is 3. The Bertz CT molecular complexity index is 666. The largest absolute Gasteiger partial charge is 0.377 e. The molecule has 1 aliphatic rings. The van der Waals surface area contributed by atoms with Gasteiger partial charge >= 0.3 is 6.03 Å². The Kier molecular flexibility index (Phi) is 7.11. The van der Waals surface area contributed by atoms with Gasteiger partial charge in [0.25, 0.3) is 0 Å². The van der Waals surface area contributed by atoms with E-state index in [1.807, 2.05) is 69.8 Å². The lowest BCUT2D eigenvalue weighted by molar-refractivity contribution is -0.135. The molecule has 2 rings (SSSR count). The first-order valence-corrected chi connectivity index (χ1v) is 9.84. The number of carbonyl (C=O) groups is 2. The van der Waals surface area contributed by atoms with Crippen LogP contribution in [0.2, 0.25) is 0 Å². The van der Waals surface area contributed by atoms with E-state index < -0.39 is 0 Å². The van der Waals surface area contributed by atoms with Gasteiger partial charge in [0.15, 0.2) is 0 Å². The third-order valence-electron chi connectivity index (χ3n) is 4.58.